The Hall–Kier alpha value is -3.15. The zero-order chi connectivity index (χ0) is 19.6. The highest BCUT2D eigenvalue weighted by Crippen LogP contribution is 2.34. The maximum atomic E-state index is 13.9. The number of hydrogen-bond donors (Lipinski definition) is 0. The van der Waals surface area contributed by atoms with Crippen LogP contribution in [0.25, 0.3) is 21.9 Å². The summed E-state index contributed by atoms with van der Waals surface area (Å²) in [5.74, 6) is -0.201. The van der Waals surface area contributed by atoms with Crippen LogP contribution >= 0.6 is 0 Å². The molecule has 1 heterocycles. The first-order valence-electron chi connectivity index (χ1n) is 8.54. The maximum Gasteiger partial charge on any atom is 0.325 e. The number of ether oxygens (including phenoxy) is 1. The van der Waals surface area contributed by atoms with Crippen LogP contribution in [0.2, 0.25) is 0 Å². The highest BCUT2D eigenvalue weighted by Gasteiger charge is 2.15. The summed E-state index contributed by atoms with van der Waals surface area (Å²) >= 11 is 0. The molecule has 140 valence electrons. The fourth-order valence-electron chi connectivity index (χ4n) is 3.01. The number of pyridine rings is 1. The minimum absolute atomic E-state index is 0.0337. The molecule has 0 unspecified atom stereocenters. The van der Waals surface area contributed by atoms with Gasteiger partial charge in [0.05, 0.1) is 7.11 Å². The number of hydrogen-bond acceptors (Lipinski definition) is 5. The molecule has 6 heteroatoms. The van der Waals surface area contributed by atoms with E-state index < -0.39 is 0 Å². The average molecular weight is 367 g/mol. The summed E-state index contributed by atoms with van der Waals surface area (Å²) in [6.07, 6.45) is 1.76. The first-order valence-corrected chi connectivity index (χ1v) is 8.54. The maximum absolute atomic E-state index is 13.9. The monoisotopic (exact) mass is 367 g/mol. The Bertz CT molecular complexity index is 971. The van der Waals surface area contributed by atoms with E-state index >= 15 is 0 Å². The number of anilines is 2. The van der Waals surface area contributed by atoms with Crippen molar-refractivity contribution in [1.82, 2.24) is 4.98 Å². The van der Waals surface area contributed by atoms with Crippen molar-refractivity contribution in [2.45, 2.75) is 0 Å². The molecular formula is C21H22FN3O2. The van der Waals surface area contributed by atoms with Gasteiger partial charge in [-0.15, -0.1) is 0 Å². The fraction of sp³-hybridized carbons (Fsp3) is 0.238. The van der Waals surface area contributed by atoms with E-state index in [1.54, 1.807) is 24.2 Å². The molecule has 5 nitrogen and oxygen atoms in total. The topological polar surface area (TPSA) is 45.7 Å². The van der Waals surface area contributed by atoms with E-state index in [9.17, 15) is 9.18 Å². The Kier molecular flexibility index (Phi) is 5.26. The Labute approximate surface area is 158 Å². The van der Waals surface area contributed by atoms with Crippen LogP contribution in [0.4, 0.5) is 15.9 Å². The van der Waals surface area contributed by atoms with Crippen LogP contribution in [0.3, 0.4) is 0 Å². The minimum Gasteiger partial charge on any atom is -0.468 e. The van der Waals surface area contributed by atoms with E-state index in [1.165, 1.54) is 19.2 Å². The van der Waals surface area contributed by atoms with Gasteiger partial charge in [0.15, 0.2) is 0 Å². The molecule has 0 aliphatic carbocycles. The van der Waals surface area contributed by atoms with E-state index in [4.69, 9.17) is 4.74 Å². The third-order valence-corrected chi connectivity index (χ3v) is 4.48. The molecule has 1 aromatic heterocycles. The van der Waals surface area contributed by atoms with Crippen molar-refractivity contribution >= 4 is 28.2 Å². The Balaban J connectivity index is 2.11. The number of halogens is 1. The molecule has 0 amide bonds. The summed E-state index contributed by atoms with van der Waals surface area (Å²) in [6, 6.07) is 12.7. The largest absolute Gasteiger partial charge is 0.468 e. The van der Waals surface area contributed by atoms with Crippen LogP contribution in [0.5, 0.6) is 0 Å². The molecule has 0 fully saturated rings. The molecule has 3 aromatic rings. The predicted molar refractivity (Wildman–Crippen MR) is 107 cm³/mol. The number of rotatable bonds is 5. The zero-order valence-electron chi connectivity index (χ0n) is 15.9. The van der Waals surface area contributed by atoms with E-state index in [1.807, 2.05) is 43.3 Å². The standard InChI is InChI=1S/C21H22FN3O2/c1-24(2)16-8-5-14(6-9-16)19-12-23-21(25(3)13-20(26)27-4)18-11-15(22)7-10-17(18)19/h5-12H,13H2,1-4H3. The van der Waals surface area contributed by atoms with Crippen molar-refractivity contribution in [3.63, 3.8) is 0 Å². The molecule has 0 saturated heterocycles. The smallest absolute Gasteiger partial charge is 0.325 e. The van der Waals surface area contributed by atoms with Crippen molar-refractivity contribution in [3.8, 4) is 11.1 Å². The second-order valence-electron chi connectivity index (χ2n) is 6.56. The first kappa shape index (κ1) is 18.6. The van der Waals surface area contributed by atoms with Gasteiger partial charge in [-0.3, -0.25) is 4.79 Å². The van der Waals surface area contributed by atoms with Gasteiger partial charge < -0.3 is 14.5 Å². The van der Waals surface area contributed by atoms with Gasteiger partial charge in [0.2, 0.25) is 0 Å². The zero-order valence-corrected chi connectivity index (χ0v) is 15.9. The second kappa shape index (κ2) is 7.61. The van der Waals surface area contributed by atoms with Crippen LogP contribution in [0, 0.1) is 5.82 Å². The molecule has 0 atom stereocenters. The predicted octanol–water partition coefficient (Wildman–Crippen LogP) is 3.72. The number of nitrogens with zero attached hydrogens (tertiary/aromatic N) is 3. The van der Waals surface area contributed by atoms with Gasteiger partial charge in [-0.25, -0.2) is 9.37 Å². The minimum atomic E-state index is -0.382. The number of carbonyl (C=O) groups is 1. The quantitative estimate of drug-likeness (QED) is 0.643. The molecule has 2 aromatic carbocycles. The normalized spacial score (nSPS) is 10.7. The first-order chi connectivity index (χ1) is 12.9. The van der Waals surface area contributed by atoms with Gasteiger partial charge in [-0.1, -0.05) is 18.2 Å². The Morgan fingerprint density at radius 2 is 1.78 bits per heavy atom. The number of aromatic nitrogens is 1. The van der Waals surface area contributed by atoms with Crippen LogP contribution < -0.4 is 9.80 Å². The average Bonchev–Trinajstić information content (AvgIpc) is 2.66. The Morgan fingerprint density at radius 1 is 1.07 bits per heavy atom. The SMILES string of the molecule is COC(=O)CN(C)c1ncc(-c2ccc(N(C)C)cc2)c2ccc(F)cc12. The van der Waals surface area contributed by atoms with Gasteiger partial charge in [0.25, 0.3) is 0 Å². The third-order valence-electron chi connectivity index (χ3n) is 4.48. The molecule has 0 spiro atoms. The van der Waals surface area contributed by atoms with Crippen molar-refractivity contribution in [1.29, 1.82) is 0 Å². The molecular weight excluding hydrogens is 345 g/mol. The van der Waals surface area contributed by atoms with Crippen LogP contribution in [-0.2, 0) is 9.53 Å². The lowest BCUT2D eigenvalue weighted by Crippen LogP contribution is -2.27. The molecule has 0 saturated carbocycles. The molecule has 3 rings (SSSR count). The summed E-state index contributed by atoms with van der Waals surface area (Å²) in [5.41, 5.74) is 2.99. The third kappa shape index (κ3) is 3.84. The van der Waals surface area contributed by atoms with Crippen molar-refractivity contribution in [3.05, 3.63) is 54.5 Å². The van der Waals surface area contributed by atoms with Gasteiger partial charge >= 0.3 is 5.97 Å². The van der Waals surface area contributed by atoms with Crippen molar-refractivity contribution < 1.29 is 13.9 Å². The molecule has 0 aliphatic heterocycles. The van der Waals surface area contributed by atoms with E-state index in [0.29, 0.717) is 11.2 Å². The van der Waals surface area contributed by atoms with Gasteiger partial charge in [-0.05, 0) is 35.2 Å². The van der Waals surface area contributed by atoms with Crippen molar-refractivity contribution in [2.75, 3.05) is 44.6 Å². The lowest BCUT2D eigenvalue weighted by Gasteiger charge is -2.20. The summed E-state index contributed by atoms with van der Waals surface area (Å²) in [5, 5.41) is 1.52. The molecule has 27 heavy (non-hydrogen) atoms. The summed E-state index contributed by atoms with van der Waals surface area (Å²) < 4.78 is 18.7. The van der Waals surface area contributed by atoms with Crippen molar-refractivity contribution in [2.24, 2.45) is 0 Å². The molecule has 0 aliphatic rings. The summed E-state index contributed by atoms with van der Waals surface area (Å²) in [4.78, 5) is 19.8. The lowest BCUT2D eigenvalue weighted by molar-refractivity contribution is -0.138. The van der Waals surface area contributed by atoms with E-state index in [-0.39, 0.29) is 18.3 Å². The number of esters is 1. The highest BCUT2D eigenvalue weighted by atomic mass is 19.1. The number of fused-ring (bicyclic) bond motifs is 1. The lowest BCUT2D eigenvalue weighted by atomic mass is 10.00. The van der Waals surface area contributed by atoms with Gasteiger partial charge in [0, 0.05) is 44.0 Å². The van der Waals surface area contributed by atoms with Crippen LogP contribution in [0.1, 0.15) is 0 Å². The number of carbonyl (C=O) groups excluding carboxylic acids is 1. The number of likely N-dealkylation sites (N-methyl/N-ethyl adjacent to an activating group) is 1. The molecule has 0 N–H and O–H groups in total. The second-order valence-corrected chi connectivity index (χ2v) is 6.56. The summed E-state index contributed by atoms with van der Waals surface area (Å²) in [7, 11) is 7.04. The van der Waals surface area contributed by atoms with Gasteiger partial charge in [-0.2, -0.15) is 0 Å². The summed E-state index contributed by atoms with van der Waals surface area (Å²) in [6.45, 7) is 0.0337. The van der Waals surface area contributed by atoms with Crippen LogP contribution in [-0.4, -0.2) is 45.8 Å². The van der Waals surface area contributed by atoms with E-state index in [2.05, 4.69) is 4.98 Å². The highest BCUT2D eigenvalue weighted by molar-refractivity contribution is 6.02. The molecule has 0 bridgehead atoms. The fourth-order valence-corrected chi connectivity index (χ4v) is 3.01. The molecule has 0 radical (unpaired) electrons. The van der Waals surface area contributed by atoms with E-state index in [0.717, 1.165) is 22.2 Å². The number of benzene rings is 2. The Morgan fingerprint density at radius 3 is 2.41 bits per heavy atom. The van der Waals surface area contributed by atoms with Crippen LogP contribution in [0.15, 0.2) is 48.7 Å². The number of methoxy groups -OCH3 is 1. The van der Waals surface area contributed by atoms with Gasteiger partial charge in [0.1, 0.15) is 18.2 Å².